The molecule has 2 nitrogen and oxygen atoms in total. The lowest BCUT2D eigenvalue weighted by Gasteiger charge is -2.37. The molecule has 2 rings (SSSR count). The smallest absolute Gasteiger partial charge is 0.00684 e. The fraction of sp³-hybridized carbons (Fsp3) is 1.00. The SMILES string of the molecule is CCCC1CCN(CC(C)(C)CNC2CC2)CC1. The van der Waals surface area contributed by atoms with Crippen molar-refractivity contribution in [2.75, 3.05) is 26.2 Å². The quantitative estimate of drug-likeness (QED) is 0.748. The number of likely N-dealkylation sites (tertiary alicyclic amines) is 1. The second-order valence-corrected chi connectivity index (χ2v) is 7.33. The van der Waals surface area contributed by atoms with Gasteiger partial charge in [-0.1, -0.05) is 33.6 Å². The monoisotopic (exact) mass is 252 g/mol. The van der Waals surface area contributed by atoms with Gasteiger partial charge >= 0.3 is 0 Å². The molecule has 0 bridgehead atoms. The fourth-order valence-electron chi connectivity index (χ4n) is 3.21. The highest BCUT2D eigenvalue weighted by Gasteiger charge is 2.28. The standard InChI is InChI=1S/C16H32N2/c1-4-5-14-8-10-18(11-9-14)13-16(2,3)12-17-15-6-7-15/h14-15,17H,4-13H2,1-3H3. The van der Waals surface area contributed by atoms with Gasteiger partial charge in [-0.05, 0) is 50.1 Å². The number of hydrogen-bond acceptors (Lipinski definition) is 2. The maximum atomic E-state index is 3.69. The summed E-state index contributed by atoms with van der Waals surface area (Å²) in [6, 6.07) is 0.847. The van der Waals surface area contributed by atoms with Crippen LogP contribution in [0.1, 0.15) is 59.3 Å². The molecule has 106 valence electrons. The van der Waals surface area contributed by atoms with Crippen LogP contribution in [-0.2, 0) is 0 Å². The minimum atomic E-state index is 0.431. The van der Waals surface area contributed by atoms with Gasteiger partial charge in [-0.25, -0.2) is 0 Å². The average molecular weight is 252 g/mol. The molecule has 1 aliphatic heterocycles. The maximum Gasteiger partial charge on any atom is 0.00684 e. The second kappa shape index (κ2) is 6.38. The highest BCUT2D eigenvalue weighted by atomic mass is 15.1. The van der Waals surface area contributed by atoms with Gasteiger partial charge in [0.1, 0.15) is 0 Å². The van der Waals surface area contributed by atoms with Crippen molar-refractivity contribution in [3.63, 3.8) is 0 Å². The van der Waals surface area contributed by atoms with Crippen LogP contribution >= 0.6 is 0 Å². The van der Waals surface area contributed by atoms with Gasteiger partial charge < -0.3 is 10.2 Å². The summed E-state index contributed by atoms with van der Waals surface area (Å²) in [6.07, 6.45) is 8.47. The Kier molecular flexibility index (Phi) is 5.08. The van der Waals surface area contributed by atoms with Gasteiger partial charge in [0.15, 0.2) is 0 Å². The Labute approximate surface area is 114 Å². The topological polar surface area (TPSA) is 15.3 Å². The minimum Gasteiger partial charge on any atom is -0.313 e. The van der Waals surface area contributed by atoms with E-state index in [1.54, 1.807) is 0 Å². The van der Waals surface area contributed by atoms with E-state index in [1.165, 1.54) is 64.7 Å². The van der Waals surface area contributed by atoms with E-state index in [1.807, 2.05) is 0 Å². The maximum absolute atomic E-state index is 3.69. The van der Waals surface area contributed by atoms with E-state index in [-0.39, 0.29) is 0 Å². The predicted octanol–water partition coefficient (Wildman–Crippen LogP) is 3.28. The lowest BCUT2D eigenvalue weighted by atomic mass is 9.88. The van der Waals surface area contributed by atoms with Crippen molar-refractivity contribution < 1.29 is 0 Å². The van der Waals surface area contributed by atoms with E-state index < -0.39 is 0 Å². The highest BCUT2D eigenvalue weighted by Crippen LogP contribution is 2.26. The number of hydrogen-bond donors (Lipinski definition) is 1. The largest absolute Gasteiger partial charge is 0.313 e. The van der Waals surface area contributed by atoms with E-state index in [4.69, 9.17) is 0 Å². The van der Waals surface area contributed by atoms with E-state index in [2.05, 4.69) is 31.0 Å². The Morgan fingerprint density at radius 1 is 1.11 bits per heavy atom. The van der Waals surface area contributed by atoms with Crippen molar-refractivity contribution in [3.05, 3.63) is 0 Å². The summed E-state index contributed by atoms with van der Waals surface area (Å²) in [5, 5.41) is 3.69. The van der Waals surface area contributed by atoms with Crippen LogP contribution < -0.4 is 5.32 Å². The van der Waals surface area contributed by atoms with Gasteiger partial charge in [-0.2, -0.15) is 0 Å². The third-order valence-corrected chi connectivity index (χ3v) is 4.50. The summed E-state index contributed by atoms with van der Waals surface area (Å²) in [7, 11) is 0. The first-order chi connectivity index (χ1) is 8.59. The molecule has 1 aliphatic carbocycles. The number of nitrogens with zero attached hydrogens (tertiary/aromatic N) is 1. The molecule has 18 heavy (non-hydrogen) atoms. The molecule has 1 N–H and O–H groups in total. The summed E-state index contributed by atoms with van der Waals surface area (Å²) >= 11 is 0. The molecule has 0 atom stereocenters. The fourth-order valence-corrected chi connectivity index (χ4v) is 3.21. The third kappa shape index (κ3) is 4.89. The van der Waals surface area contributed by atoms with Crippen molar-refractivity contribution in [3.8, 4) is 0 Å². The lowest BCUT2D eigenvalue weighted by molar-refractivity contribution is 0.124. The molecule has 1 heterocycles. The van der Waals surface area contributed by atoms with Crippen LogP contribution in [0, 0.1) is 11.3 Å². The van der Waals surface area contributed by atoms with Gasteiger partial charge in [0.05, 0.1) is 0 Å². The Bertz CT molecular complexity index is 237. The van der Waals surface area contributed by atoms with Crippen LogP contribution in [0.4, 0.5) is 0 Å². The minimum absolute atomic E-state index is 0.431. The molecule has 0 amide bonds. The molecule has 0 unspecified atom stereocenters. The van der Waals surface area contributed by atoms with Crippen LogP contribution in [0.25, 0.3) is 0 Å². The van der Waals surface area contributed by atoms with Crippen LogP contribution in [0.15, 0.2) is 0 Å². The third-order valence-electron chi connectivity index (χ3n) is 4.50. The first kappa shape index (κ1) is 14.3. The van der Waals surface area contributed by atoms with Gasteiger partial charge in [-0.15, -0.1) is 0 Å². The molecule has 0 aromatic rings. The van der Waals surface area contributed by atoms with Crippen molar-refractivity contribution in [1.82, 2.24) is 10.2 Å². The van der Waals surface area contributed by atoms with Crippen molar-refractivity contribution in [1.29, 1.82) is 0 Å². The van der Waals surface area contributed by atoms with Crippen LogP contribution in [-0.4, -0.2) is 37.1 Å². The van der Waals surface area contributed by atoms with E-state index >= 15 is 0 Å². The predicted molar refractivity (Wildman–Crippen MR) is 78.9 cm³/mol. The first-order valence-electron chi connectivity index (χ1n) is 8.05. The zero-order valence-electron chi connectivity index (χ0n) is 12.7. The van der Waals surface area contributed by atoms with Gasteiger partial charge in [-0.3, -0.25) is 0 Å². The molecular formula is C16H32N2. The van der Waals surface area contributed by atoms with Gasteiger partial charge in [0.2, 0.25) is 0 Å². The molecule has 2 aliphatic rings. The van der Waals surface area contributed by atoms with E-state index in [0.29, 0.717) is 5.41 Å². The van der Waals surface area contributed by atoms with Gasteiger partial charge in [0.25, 0.3) is 0 Å². The molecule has 2 heteroatoms. The summed E-state index contributed by atoms with van der Waals surface area (Å²) in [6.45, 7) is 12.3. The van der Waals surface area contributed by atoms with Crippen LogP contribution in [0.5, 0.6) is 0 Å². The Balaban J connectivity index is 1.65. The van der Waals surface area contributed by atoms with E-state index in [0.717, 1.165) is 12.0 Å². The summed E-state index contributed by atoms with van der Waals surface area (Å²) < 4.78 is 0. The average Bonchev–Trinajstić information content (AvgIpc) is 3.13. The van der Waals surface area contributed by atoms with Crippen molar-refractivity contribution in [2.24, 2.45) is 11.3 Å². The van der Waals surface area contributed by atoms with Crippen molar-refractivity contribution >= 4 is 0 Å². The summed E-state index contributed by atoms with van der Waals surface area (Å²) in [5.41, 5.74) is 0.431. The zero-order chi connectivity index (χ0) is 13.0. The number of piperidine rings is 1. The Morgan fingerprint density at radius 2 is 1.78 bits per heavy atom. The molecule has 1 saturated carbocycles. The van der Waals surface area contributed by atoms with E-state index in [9.17, 15) is 0 Å². The highest BCUT2D eigenvalue weighted by molar-refractivity contribution is 4.86. The Morgan fingerprint density at radius 3 is 2.33 bits per heavy atom. The summed E-state index contributed by atoms with van der Waals surface area (Å²) in [4.78, 5) is 2.70. The van der Waals surface area contributed by atoms with Crippen molar-refractivity contribution in [2.45, 2.75) is 65.3 Å². The Hall–Kier alpha value is -0.0800. The van der Waals surface area contributed by atoms with Crippen LogP contribution in [0.2, 0.25) is 0 Å². The first-order valence-corrected chi connectivity index (χ1v) is 8.05. The molecule has 0 spiro atoms. The lowest BCUT2D eigenvalue weighted by Crippen LogP contribution is -2.44. The number of nitrogens with one attached hydrogen (secondary N) is 1. The molecule has 0 aromatic heterocycles. The molecule has 0 radical (unpaired) electrons. The molecule has 0 aromatic carbocycles. The summed E-state index contributed by atoms with van der Waals surface area (Å²) in [5.74, 6) is 1.01. The van der Waals surface area contributed by atoms with Gasteiger partial charge in [0, 0.05) is 19.1 Å². The molecule has 2 fully saturated rings. The number of rotatable bonds is 7. The molecular weight excluding hydrogens is 220 g/mol. The zero-order valence-corrected chi connectivity index (χ0v) is 12.7. The second-order valence-electron chi connectivity index (χ2n) is 7.33. The normalized spacial score (nSPS) is 23.5. The van der Waals surface area contributed by atoms with Crippen LogP contribution in [0.3, 0.4) is 0 Å². The molecule has 1 saturated heterocycles.